The lowest BCUT2D eigenvalue weighted by molar-refractivity contribution is 0.144. The van der Waals surface area contributed by atoms with Crippen LogP contribution in [0.15, 0.2) is 10.9 Å². The number of pyridine rings is 1. The maximum atomic E-state index is 12.7. The van der Waals surface area contributed by atoms with Gasteiger partial charge in [-0.3, -0.25) is 4.79 Å². The topological polar surface area (TPSA) is 32.9 Å². The third-order valence-electron chi connectivity index (χ3n) is 1.21. The van der Waals surface area contributed by atoms with E-state index in [-0.39, 0.29) is 3.70 Å². The number of rotatable bonds is 1. The van der Waals surface area contributed by atoms with Gasteiger partial charge in [-0.25, -0.2) is 13.2 Å². The van der Waals surface area contributed by atoms with Gasteiger partial charge in [0.1, 0.15) is 11.4 Å². The maximum absolute atomic E-state index is 12.7. The predicted octanol–water partition coefficient (Wildman–Crippen LogP) is 2.06. The van der Waals surface area contributed by atoms with Gasteiger partial charge < -0.3 is 4.98 Å². The van der Waals surface area contributed by atoms with Crippen molar-refractivity contribution in [2.75, 3.05) is 0 Å². The number of H-pyrrole nitrogens is 1. The Bertz CT molecular complexity index is 349. The molecule has 1 aromatic rings. The molecule has 0 aromatic carbocycles. The van der Waals surface area contributed by atoms with Gasteiger partial charge in [-0.2, -0.15) is 0 Å². The Hall–Kier alpha value is -0.530. The minimum Gasteiger partial charge on any atom is -0.317 e. The summed E-state index contributed by atoms with van der Waals surface area (Å²) in [7, 11) is 0. The molecule has 1 N–H and O–H groups in total. The molecule has 1 rings (SSSR count). The lowest BCUT2D eigenvalue weighted by Crippen LogP contribution is -2.16. The van der Waals surface area contributed by atoms with E-state index in [1.165, 1.54) is 0 Å². The zero-order valence-electron chi connectivity index (χ0n) is 5.57. The number of aromatic amines is 1. The van der Waals surface area contributed by atoms with Gasteiger partial charge in [0.2, 0.25) is 0 Å². The lowest BCUT2D eigenvalue weighted by atomic mass is 10.3. The zero-order valence-corrected chi connectivity index (χ0v) is 7.73. The van der Waals surface area contributed by atoms with Crippen molar-refractivity contribution < 1.29 is 13.2 Å². The third-order valence-corrected chi connectivity index (χ3v) is 1.79. The molecule has 0 atom stereocenters. The molecule has 1 aromatic heterocycles. The van der Waals surface area contributed by atoms with Crippen LogP contribution in [-0.2, 0) is 0 Å². The summed E-state index contributed by atoms with van der Waals surface area (Å²) in [6.45, 7) is 0. The average molecular weight is 289 g/mol. The lowest BCUT2D eigenvalue weighted by Gasteiger charge is -1.99. The van der Waals surface area contributed by atoms with Gasteiger partial charge in [-0.15, -0.1) is 0 Å². The first-order chi connectivity index (χ1) is 5.52. The van der Waals surface area contributed by atoms with Crippen LogP contribution in [0.4, 0.5) is 13.2 Å². The van der Waals surface area contributed by atoms with Gasteiger partial charge in [0, 0.05) is 6.07 Å². The molecular weight excluding hydrogens is 286 g/mol. The van der Waals surface area contributed by atoms with E-state index in [1.54, 1.807) is 22.6 Å². The van der Waals surface area contributed by atoms with E-state index in [1.807, 2.05) is 0 Å². The number of hydrogen-bond donors (Lipinski definition) is 1. The van der Waals surface area contributed by atoms with Crippen molar-refractivity contribution >= 4 is 22.6 Å². The smallest absolute Gasteiger partial charge is 0.272 e. The molecule has 0 aliphatic rings. The summed E-state index contributed by atoms with van der Waals surface area (Å²) in [5.74, 6) is -1.17. The van der Waals surface area contributed by atoms with Crippen LogP contribution in [0.1, 0.15) is 12.0 Å². The second-order valence-corrected chi connectivity index (χ2v) is 3.17. The Labute approximate surface area is 78.9 Å². The number of hydrogen-bond acceptors (Lipinski definition) is 1. The summed E-state index contributed by atoms with van der Waals surface area (Å²) in [6.07, 6.45) is -3.08. The second kappa shape index (κ2) is 3.46. The van der Waals surface area contributed by atoms with Gasteiger partial charge in [0.25, 0.3) is 12.0 Å². The fraction of sp³-hybridized carbons (Fsp3) is 0.167. The van der Waals surface area contributed by atoms with Crippen molar-refractivity contribution in [1.29, 1.82) is 0 Å². The van der Waals surface area contributed by atoms with Gasteiger partial charge in [-0.1, -0.05) is 0 Å². The summed E-state index contributed by atoms with van der Waals surface area (Å²) in [5, 5.41) is 0. The molecular formula is C6H3F3INO. The van der Waals surface area contributed by atoms with Crippen LogP contribution in [0.2, 0.25) is 0 Å². The van der Waals surface area contributed by atoms with E-state index in [0.717, 1.165) is 6.07 Å². The van der Waals surface area contributed by atoms with Crippen molar-refractivity contribution in [3.8, 4) is 0 Å². The fourth-order valence-corrected chi connectivity index (χ4v) is 1.23. The number of aromatic nitrogens is 1. The normalized spacial score (nSPS) is 10.8. The first-order valence-corrected chi connectivity index (χ1v) is 3.96. The quantitative estimate of drug-likeness (QED) is 0.623. The highest BCUT2D eigenvalue weighted by molar-refractivity contribution is 14.1. The van der Waals surface area contributed by atoms with Crippen molar-refractivity contribution in [2.24, 2.45) is 0 Å². The molecule has 0 fully saturated rings. The number of alkyl halides is 2. The Kier molecular flexibility index (Phi) is 2.76. The molecule has 2 nitrogen and oxygen atoms in total. The average Bonchev–Trinajstić information content (AvgIpc) is 1.82. The molecule has 0 radical (unpaired) electrons. The highest BCUT2D eigenvalue weighted by atomic mass is 127. The van der Waals surface area contributed by atoms with Crippen LogP contribution >= 0.6 is 22.6 Å². The molecule has 0 saturated heterocycles. The van der Waals surface area contributed by atoms with Gasteiger partial charge in [0.15, 0.2) is 0 Å². The van der Waals surface area contributed by atoms with Crippen molar-refractivity contribution in [3.63, 3.8) is 0 Å². The molecule has 1 heterocycles. The summed E-state index contributed by atoms with van der Waals surface area (Å²) in [4.78, 5) is 12.8. The van der Waals surface area contributed by atoms with Gasteiger partial charge in [0.05, 0.1) is 3.70 Å². The largest absolute Gasteiger partial charge is 0.317 e. The van der Waals surface area contributed by atoms with E-state index in [0.29, 0.717) is 0 Å². The summed E-state index contributed by atoms with van der Waals surface area (Å²) in [5.41, 5.74) is -2.18. The van der Waals surface area contributed by atoms with Crippen LogP contribution in [0.3, 0.4) is 0 Å². The summed E-state index contributed by atoms with van der Waals surface area (Å²) < 4.78 is 36.8. The van der Waals surface area contributed by atoms with E-state index < -0.39 is 23.4 Å². The van der Waals surface area contributed by atoms with E-state index in [9.17, 15) is 18.0 Å². The Balaban J connectivity index is 3.39. The van der Waals surface area contributed by atoms with Crippen molar-refractivity contribution in [2.45, 2.75) is 6.43 Å². The van der Waals surface area contributed by atoms with Crippen LogP contribution in [0.5, 0.6) is 0 Å². The van der Waals surface area contributed by atoms with Crippen LogP contribution in [-0.4, -0.2) is 4.98 Å². The second-order valence-electron chi connectivity index (χ2n) is 2.01. The van der Waals surface area contributed by atoms with Crippen molar-refractivity contribution in [1.82, 2.24) is 4.98 Å². The predicted molar refractivity (Wildman–Crippen MR) is 44.7 cm³/mol. The molecule has 6 heteroatoms. The minimum atomic E-state index is -3.08. The minimum absolute atomic E-state index is 0.194. The zero-order chi connectivity index (χ0) is 9.30. The Morgan fingerprint density at radius 3 is 2.50 bits per heavy atom. The summed E-state index contributed by atoms with van der Waals surface area (Å²) >= 11 is 1.63. The Morgan fingerprint density at radius 1 is 1.50 bits per heavy atom. The van der Waals surface area contributed by atoms with E-state index in [4.69, 9.17) is 0 Å². The molecule has 0 aliphatic heterocycles. The van der Waals surface area contributed by atoms with Crippen LogP contribution < -0.4 is 5.56 Å². The van der Waals surface area contributed by atoms with Crippen LogP contribution in [0, 0.1) is 9.52 Å². The first-order valence-electron chi connectivity index (χ1n) is 2.88. The molecule has 66 valence electrons. The molecule has 12 heavy (non-hydrogen) atoms. The van der Waals surface area contributed by atoms with E-state index in [2.05, 4.69) is 4.98 Å². The number of nitrogens with one attached hydrogen (secondary N) is 1. The molecule has 0 spiro atoms. The molecule has 0 amide bonds. The van der Waals surface area contributed by atoms with Gasteiger partial charge >= 0.3 is 0 Å². The molecule has 0 saturated carbocycles. The Morgan fingerprint density at radius 2 is 2.08 bits per heavy atom. The molecule has 0 unspecified atom stereocenters. The standard InChI is InChI=1S/C6H3F3INO/c7-2-1-3(10)11-6(12)4(2)5(8)9/h1,5H,(H,11,12). The van der Waals surface area contributed by atoms with Crippen LogP contribution in [0.25, 0.3) is 0 Å². The van der Waals surface area contributed by atoms with E-state index >= 15 is 0 Å². The first kappa shape index (κ1) is 9.56. The molecule has 0 aliphatic carbocycles. The van der Waals surface area contributed by atoms with Gasteiger partial charge in [-0.05, 0) is 22.6 Å². The maximum Gasteiger partial charge on any atom is 0.272 e. The number of halogens is 4. The SMILES string of the molecule is O=c1[nH]c(I)cc(F)c1C(F)F. The third kappa shape index (κ3) is 1.79. The monoisotopic (exact) mass is 289 g/mol. The highest BCUT2D eigenvalue weighted by Gasteiger charge is 2.18. The van der Waals surface area contributed by atoms with Crippen molar-refractivity contribution in [3.05, 3.63) is 31.5 Å². The highest BCUT2D eigenvalue weighted by Crippen LogP contribution is 2.18. The fourth-order valence-electron chi connectivity index (χ4n) is 0.713. The summed E-state index contributed by atoms with van der Waals surface area (Å²) in [6, 6.07) is 0.851. The molecule has 0 bridgehead atoms.